The Morgan fingerprint density at radius 1 is 1.03 bits per heavy atom. The number of carbonyl (C=O) groups excluding carboxylic acids is 1. The predicted octanol–water partition coefficient (Wildman–Crippen LogP) is 6.05. The second kappa shape index (κ2) is 9.37. The average molecular weight is 491 g/mol. The molecule has 0 bridgehead atoms. The molecule has 7 heteroatoms. The van der Waals surface area contributed by atoms with Crippen LogP contribution in [0.5, 0.6) is 28.7 Å². The third-order valence-electron chi connectivity index (χ3n) is 7.20. The van der Waals surface area contributed by atoms with Crippen LogP contribution in [0, 0.1) is 5.82 Å². The molecule has 0 saturated carbocycles. The molecule has 0 fully saturated rings. The first kappa shape index (κ1) is 22.7. The molecule has 0 saturated heterocycles. The Morgan fingerprint density at radius 2 is 1.92 bits per heavy atom. The van der Waals surface area contributed by atoms with Crippen LogP contribution in [0.25, 0.3) is 0 Å². The van der Waals surface area contributed by atoms with Gasteiger partial charge in [-0.2, -0.15) is 0 Å². The van der Waals surface area contributed by atoms with Gasteiger partial charge in [-0.05, 0) is 55.7 Å². The zero-order chi connectivity index (χ0) is 24.6. The highest BCUT2D eigenvalue weighted by Gasteiger charge is 2.32. The minimum absolute atomic E-state index is 0.142. The minimum Gasteiger partial charge on any atom is -0.493 e. The van der Waals surface area contributed by atoms with E-state index in [2.05, 4.69) is 0 Å². The number of carbonyl (C=O) groups is 1. The fourth-order valence-electron chi connectivity index (χ4n) is 5.34. The van der Waals surface area contributed by atoms with E-state index in [1.165, 1.54) is 13.2 Å². The number of halogens is 1. The number of esters is 1. The van der Waals surface area contributed by atoms with Gasteiger partial charge in [0.15, 0.2) is 0 Å². The number of ether oxygens (including phenoxy) is 5. The van der Waals surface area contributed by atoms with Crippen LogP contribution in [0.15, 0.2) is 48.5 Å². The van der Waals surface area contributed by atoms with Crippen LogP contribution >= 0.6 is 0 Å². The van der Waals surface area contributed by atoms with Crippen molar-refractivity contribution in [1.82, 2.24) is 0 Å². The topological polar surface area (TPSA) is 63.2 Å². The van der Waals surface area contributed by atoms with Gasteiger partial charge in [-0.1, -0.05) is 6.07 Å². The van der Waals surface area contributed by atoms with Gasteiger partial charge >= 0.3 is 5.97 Å². The number of hydrogen-bond donors (Lipinski definition) is 0. The van der Waals surface area contributed by atoms with Crippen LogP contribution < -0.4 is 18.9 Å². The van der Waals surface area contributed by atoms with Crippen molar-refractivity contribution in [2.45, 2.75) is 44.1 Å². The van der Waals surface area contributed by atoms with E-state index < -0.39 is 6.10 Å². The molecular formula is C29H27FO6. The summed E-state index contributed by atoms with van der Waals surface area (Å²) < 4.78 is 43.6. The van der Waals surface area contributed by atoms with E-state index in [-0.39, 0.29) is 17.7 Å². The van der Waals surface area contributed by atoms with Crippen molar-refractivity contribution in [3.05, 3.63) is 76.6 Å². The van der Waals surface area contributed by atoms with Gasteiger partial charge in [0.2, 0.25) is 0 Å². The lowest BCUT2D eigenvalue weighted by Crippen LogP contribution is -2.06. The lowest BCUT2D eigenvalue weighted by molar-refractivity contribution is -0.140. The summed E-state index contributed by atoms with van der Waals surface area (Å²) in [4.78, 5) is 11.5. The van der Waals surface area contributed by atoms with Gasteiger partial charge in [-0.15, -0.1) is 0 Å². The Balaban J connectivity index is 1.19. The molecule has 0 radical (unpaired) electrons. The van der Waals surface area contributed by atoms with Crippen molar-refractivity contribution in [1.29, 1.82) is 0 Å². The monoisotopic (exact) mass is 490 g/mol. The number of benzene rings is 3. The third-order valence-corrected chi connectivity index (χ3v) is 7.20. The molecule has 2 atom stereocenters. The van der Waals surface area contributed by atoms with Crippen molar-refractivity contribution < 1.29 is 32.9 Å². The maximum atomic E-state index is 15.0. The van der Waals surface area contributed by atoms with Crippen LogP contribution in [0.4, 0.5) is 4.39 Å². The number of hydrogen-bond acceptors (Lipinski definition) is 6. The number of methoxy groups -OCH3 is 1. The standard InChI is InChI=1S/C29H27FO6/c1-32-28(31)11-2-18-16-34-27-15-20(3-5-21(18)27)36-26-9-6-22-25(10-7-23(30)29(22)26)35-19-4-8-24-17(14-19)12-13-33-24/h3-5,7-8,10,14-15,18,26H,2,6,9,11-13,16H2,1H3/t18-,26-/m1/s1. The Hall–Kier alpha value is -3.74. The van der Waals surface area contributed by atoms with Gasteiger partial charge in [0, 0.05) is 47.1 Å². The second-order valence-electron chi connectivity index (χ2n) is 9.38. The van der Waals surface area contributed by atoms with Crippen LogP contribution in [0.2, 0.25) is 0 Å². The lowest BCUT2D eigenvalue weighted by Gasteiger charge is -2.17. The van der Waals surface area contributed by atoms with Crippen molar-refractivity contribution in [2.75, 3.05) is 20.3 Å². The second-order valence-corrected chi connectivity index (χ2v) is 9.38. The van der Waals surface area contributed by atoms with Gasteiger partial charge in [-0.3, -0.25) is 4.79 Å². The quantitative estimate of drug-likeness (QED) is 0.376. The van der Waals surface area contributed by atoms with Crippen molar-refractivity contribution >= 4 is 5.97 Å². The average Bonchev–Trinajstić information content (AvgIpc) is 3.63. The Labute approximate surface area is 208 Å². The van der Waals surface area contributed by atoms with Crippen LogP contribution in [0.1, 0.15) is 53.5 Å². The summed E-state index contributed by atoms with van der Waals surface area (Å²) in [6, 6.07) is 14.7. The van der Waals surface area contributed by atoms with Crippen molar-refractivity contribution in [3.8, 4) is 28.7 Å². The molecule has 3 aromatic carbocycles. The Bertz CT molecular complexity index is 1320. The zero-order valence-corrected chi connectivity index (χ0v) is 20.1. The van der Waals surface area contributed by atoms with E-state index in [4.69, 9.17) is 23.7 Å². The van der Waals surface area contributed by atoms with E-state index in [1.54, 1.807) is 6.07 Å². The molecule has 1 aliphatic carbocycles. The maximum absolute atomic E-state index is 15.0. The molecular weight excluding hydrogens is 463 g/mol. The molecule has 0 unspecified atom stereocenters. The molecule has 6 nitrogen and oxygen atoms in total. The van der Waals surface area contributed by atoms with E-state index in [0.717, 1.165) is 40.4 Å². The zero-order valence-electron chi connectivity index (χ0n) is 20.1. The minimum atomic E-state index is -0.411. The van der Waals surface area contributed by atoms with E-state index >= 15 is 0 Å². The molecule has 186 valence electrons. The summed E-state index contributed by atoms with van der Waals surface area (Å²) in [5.74, 6) is 3.28. The first-order chi connectivity index (χ1) is 17.6. The fourth-order valence-corrected chi connectivity index (χ4v) is 5.34. The highest BCUT2D eigenvalue weighted by atomic mass is 19.1. The van der Waals surface area contributed by atoms with Gasteiger partial charge in [0.25, 0.3) is 0 Å². The summed E-state index contributed by atoms with van der Waals surface area (Å²) >= 11 is 0. The van der Waals surface area contributed by atoms with Crippen LogP contribution in [0.3, 0.4) is 0 Å². The molecule has 0 spiro atoms. The normalized spacial score (nSPS) is 19.1. The van der Waals surface area contributed by atoms with Crippen molar-refractivity contribution in [2.24, 2.45) is 0 Å². The lowest BCUT2D eigenvalue weighted by atomic mass is 9.96. The largest absolute Gasteiger partial charge is 0.493 e. The highest BCUT2D eigenvalue weighted by molar-refractivity contribution is 5.69. The Morgan fingerprint density at radius 3 is 2.81 bits per heavy atom. The smallest absolute Gasteiger partial charge is 0.305 e. The third kappa shape index (κ3) is 4.23. The molecule has 36 heavy (non-hydrogen) atoms. The van der Waals surface area contributed by atoms with Crippen molar-refractivity contribution in [3.63, 3.8) is 0 Å². The Kier molecular flexibility index (Phi) is 5.91. The van der Waals surface area contributed by atoms with Gasteiger partial charge in [0.05, 0.1) is 20.3 Å². The predicted molar refractivity (Wildman–Crippen MR) is 130 cm³/mol. The summed E-state index contributed by atoms with van der Waals surface area (Å²) in [5, 5.41) is 0. The first-order valence-corrected chi connectivity index (χ1v) is 12.3. The maximum Gasteiger partial charge on any atom is 0.305 e. The molecule has 2 aliphatic heterocycles. The fraction of sp³-hybridized carbons (Fsp3) is 0.345. The molecule has 6 rings (SSSR count). The molecule has 2 heterocycles. The SMILES string of the molecule is COC(=O)CC[C@@H]1COc2cc(O[C@@H]3CCc4c(Oc5ccc6c(c5)CCO6)ccc(F)c43)ccc21. The highest BCUT2D eigenvalue weighted by Crippen LogP contribution is 2.45. The summed E-state index contributed by atoms with van der Waals surface area (Å²) in [5.41, 5.74) is 3.57. The number of fused-ring (bicyclic) bond motifs is 3. The molecule has 0 N–H and O–H groups in total. The van der Waals surface area contributed by atoms with E-state index in [0.29, 0.717) is 56.0 Å². The first-order valence-electron chi connectivity index (χ1n) is 12.3. The number of rotatable bonds is 7. The summed E-state index contributed by atoms with van der Waals surface area (Å²) in [7, 11) is 1.40. The van der Waals surface area contributed by atoms with Crippen LogP contribution in [-0.2, 0) is 22.4 Å². The van der Waals surface area contributed by atoms with Crippen LogP contribution in [-0.4, -0.2) is 26.3 Å². The summed E-state index contributed by atoms with van der Waals surface area (Å²) in [6.07, 6.45) is 2.79. The van der Waals surface area contributed by atoms with E-state index in [1.807, 2.05) is 36.4 Å². The molecule has 3 aromatic rings. The van der Waals surface area contributed by atoms with Gasteiger partial charge in [0.1, 0.15) is 40.7 Å². The van der Waals surface area contributed by atoms with Gasteiger partial charge in [-0.25, -0.2) is 4.39 Å². The molecule has 3 aliphatic rings. The van der Waals surface area contributed by atoms with Gasteiger partial charge < -0.3 is 23.7 Å². The summed E-state index contributed by atoms with van der Waals surface area (Å²) in [6.45, 7) is 1.21. The molecule has 0 amide bonds. The van der Waals surface area contributed by atoms with E-state index in [9.17, 15) is 9.18 Å². The molecule has 0 aromatic heterocycles.